The number of amides is 1. The van der Waals surface area contributed by atoms with Crippen LogP contribution in [0.2, 0.25) is 5.02 Å². The second-order valence-electron chi connectivity index (χ2n) is 8.75. The van der Waals surface area contributed by atoms with Crippen molar-refractivity contribution in [3.63, 3.8) is 0 Å². The molecule has 10 heteroatoms. The molecule has 0 aliphatic carbocycles. The number of carbonyl (C=O) groups excluding carboxylic acids is 1. The van der Waals surface area contributed by atoms with E-state index in [9.17, 15) is 18.0 Å². The van der Waals surface area contributed by atoms with E-state index in [1.165, 1.54) is 12.1 Å². The summed E-state index contributed by atoms with van der Waals surface area (Å²) >= 11 is 8.08. The maximum Gasteiger partial charge on any atom is 0.417 e. The molecule has 0 spiro atoms. The third kappa shape index (κ3) is 5.52. The summed E-state index contributed by atoms with van der Waals surface area (Å²) in [6, 6.07) is 3.49. The summed E-state index contributed by atoms with van der Waals surface area (Å²) in [5.41, 5.74) is 0.130. The van der Waals surface area contributed by atoms with Gasteiger partial charge in [0.05, 0.1) is 22.3 Å². The Kier molecular flexibility index (Phi) is 7.39. The standard InChI is InChI=1S/C22H26ClF3IN3O2/c1-5-17-28-19(27)18-16(29(10-11-30(17)18)20(31)32-21(2,3)4)9-7-13-6-8-14(15(23)12-13)22(24,25)26/h6,8,12,16H,5,7,9-11H2,1-4H3. The number of carbonyl (C=O) groups is 1. The van der Waals surface area contributed by atoms with Gasteiger partial charge in [0.25, 0.3) is 0 Å². The molecule has 2 aromatic rings. The third-order valence-electron chi connectivity index (χ3n) is 5.29. The van der Waals surface area contributed by atoms with Crippen LogP contribution in [0.3, 0.4) is 0 Å². The van der Waals surface area contributed by atoms with Crippen LogP contribution in [0.15, 0.2) is 18.2 Å². The minimum absolute atomic E-state index is 0.306. The topological polar surface area (TPSA) is 47.4 Å². The molecule has 1 amide bonds. The monoisotopic (exact) mass is 583 g/mol. The van der Waals surface area contributed by atoms with Crippen LogP contribution in [0.25, 0.3) is 0 Å². The molecule has 1 unspecified atom stereocenters. The summed E-state index contributed by atoms with van der Waals surface area (Å²) in [6.07, 6.45) is -3.18. The quantitative estimate of drug-likeness (QED) is 0.379. The van der Waals surface area contributed by atoms with Gasteiger partial charge in [-0.1, -0.05) is 24.6 Å². The molecule has 5 nitrogen and oxygen atoms in total. The van der Waals surface area contributed by atoms with Gasteiger partial charge >= 0.3 is 12.3 Å². The van der Waals surface area contributed by atoms with Gasteiger partial charge in [0.15, 0.2) is 0 Å². The van der Waals surface area contributed by atoms with Gasteiger partial charge in [-0.2, -0.15) is 13.2 Å². The van der Waals surface area contributed by atoms with E-state index in [0.717, 1.165) is 27.7 Å². The fourth-order valence-electron chi connectivity index (χ4n) is 3.91. The van der Waals surface area contributed by atoms with Gasteiger partial charge in [0.2, 0.25) is 0 Å². The van der Waals surface area contributed by atoms with E-state index in [-0.39, 0.29) is 11.1 Å². The maximum atomic E-state index is 13.0. The van der Waals surface area contributed by atoms with Crippen molar-refractivity contribution in [2.75, 3.05) is 6.54 Å². The lowest BCUT2D eigenvalue weighted by atomic mass is 9.99. The summed E-state index contributed by atoms with van der Waals surface area (Å²) in [5, 5.41) is -0.324. The first-order valence-electron chi connectivity index (χ1n) is 10.4. The first-order valence-corrected chi connectivity index (χ1v) is 11.9. The molecule has 0 fully saturated rings. The summed E-state index contributed by atoms with van der Waals surface area (Å²) in [7, 11) is 0. The maximum absolute atomic E-state index is 13.0. The number of halogens is 5. The molecular formula is C22H26ClF3IN3O2. The van der Waals surface area contributed by atoms with Gasteiger partial charge in [-0.25, -0.2) is 9.78 Å². The number of imidazole rings is 1. The van der Waals surface area contributed by atoms with E-state index < -0.39 is 23.4 Å². The molecule has 0 N–H and O–H groups in total. The van der Waals surface area contributed by atoms with Crippen LogP contribution in [0, 0.1) is 3.70 Å². The average Bonchev–Trinajstić information content (AvgIpc) is 3.00. The van der Waals surface area contributed by atoms with Gasteiger partial charge in [0.1, 0.15) is 15.1 Å². The highest BCUT2D eigenvalue weighted by Crippen LogP contribution is 2.37. The number of benzene rings is 1. The van der Waals surface area contributed by atoms with Crippen molar-refractivity contribution >= 4 is 40.3 Å². The second kappa shape index (κ2) is 9.40. The Hall–Kier alpha value is -1.49. The van der Waals surface area contributed by atoms with Gasteiger partial charge in [-0.3, -0.25) is 4.90 Å². The summed E-state index contributed by atoms with van der Waals surface area (Å²) in [5.74, 6) is 0.954. The lowest BCUT2D eigenvalue weighted by Crippen LogP contribution is -2.45. The number of aromatic nitrogens is 2. The lowest BCUT2D eigenvalue weighted by Gasteiger charge is -2.38. The van der Waals surface area contributed by atoms with Crippen LogP contribution in [0.5, 0.6) is 0 Å². The molecule has 32 heavy (non-hydrogen) atoms. The van der Waals surface area contributed by atoms with Gasteiger partial charge in [-0.15, -0.1) is 0 Å². The van der Waals surface area contributed by atoms with E-state index in [4.69, 9.17) is 16.3 Å². The Bertz CT molecular complexity index is 1000. The first kappa shape index (κ1) is 25.1. The van der Waals surface area contributed by atoms with Gasteiger partial charge in [-0.05, 0) is 73.9 Å². The second-order valence-corrected chi connectivity index (χ2v) is 10.2. The summed E-state index contributed by atoms with van der Waals surface area (Å²) in [6.45, 7) is 8.58. The van der Waals surface area contributed by atoms with Gasteiger partial charge in [0, 0.05) is 19.5 Å². The van der Waals surface area contributed by atoms with Gasteiger partial charge < -0.3 is 9.30 Å². The fourth-order valence-corrected chi connectivity index (χ4v) is 5.15. The van der Waals surface area contributed by atoms with E-state index in [0.29, 0.717) is 31.5 Å². The highest BCUT2D eigenvalue weighted by atomic mass is 127. The number of rotatable bonds is 4. The Morgan fingerprint density at radius 2 is 1.97 bits per heavy atom. The van der Waals surface area contributed by atoms with Crippen molar-refractivity contribution in [3.05, 3.63) is 49.6 Å². The molecule has 2 heterocycles. The molecule has 0 saturated heterocycles. The normalized spacial score (nSPS) is 16.8. The van der Waals surface area contributed by atoms with Crippen LogP contribution >= 0.6 is 34.2 Å². The summed E-state index contributed by atoms with van der Waals surface area (Å²) in [4.78, 5) is 19.3. The molecule has 3 rings (SSSR count). The predicted molar refractivity (Wildman–Crippen MR) is 125 cm³/mol. The fraction of sp³-hybridized carbons (Fsp3) is 0.545. The number of hydrogen-bond donors (Lipinski definition) is 0. The highest BCUT2D eigenvalue weighted by Gasteiger charge is 2.37. The van der Waals surface area contributed by atoms with Crippen LogP contribution in [-0.4, -0.2) is 32.7 Å². The predicted octanol–water partition coefficient (Wildman–Crippen LogP) is 6.65. The summed E-state index contributed by atoms with van der Waals surface area (Å²) < 4.78 is 47.7. The van der Waals surface area contributed by atoms with Crippen molar-refractivity contribution in [2.24, 2.45) is 0 Å². The van der Waals surface area contributed by atoms with E-state index >= 15 is 0 Å². The molecule has 1 aromatic heterocycles. The molecule has 1 aliphatic heterocycles. The zero-order chi connectivity index (χ0) is 23.8. The van der Waals surface area contributed by atoms with E-state index in [2.05, 4.69) is 32.1 Å². The lowest BCUT2D eigenvalue weighted by molar-refractivity contribution is -0.137. The molecule has 1 atom stereocenters. The number of ether oxygens (including phenoxy) is 1. The Morgan fingerprint density at radius 3 is 2.53 bits per heavy atom. The highest BCUT2D eigenvalue weighted by molar-refractivity contribution is 14.1. The van der Waals surface area contributed by atoms with Crippen molar-refractivity contribution in [2.45, 2.75) is 71.3 Å². The molecule has 1 aromatic carbocycles. The number of nitrogens with zero attached hydrogens (tertiary/aromatic N) is 3. The number of hydrogen-bond acceptors (Lipinski definition) is 3. The minimum atomic E-state index is -4.49. The number of aryl methyl sites for hydroxylation is 2. The molecule has 0 saturated carbocycles. The Balaban J connectivity index is 1.90. The minimum Gasteiger partial charge on any atom is -0.444 e. The molecule has 0 bridgehead atoms. The largest absolute Gasteiger partial charge is 0.444 e. The Labute approximate surface area is 204 Å². The number of fused-ring (bicyclic) bond motifs is 1. The van der Waals surface area contributed by atoms with Crippen molar-refractivity contribution in [1.29, 1.82) is 0 Å². The SMILES string of the molecule is CCc1nc(I)c2n1CCN(C(=O)OC(C)(C)C)C2CCc1ccc(C(F)(F)F)c(Cl)c1. The smallest absolute Gasteiger partial charge is 0.417 e. The zero-order valence-corrected chi connectivity index (χ0v) is 21.3. The van der Waals surface area contributed by atoms with Crippen molar-refractivity contribution in [1.82, 2.24) is 14.5 Å². The van der Waals surface area contributed by atoms with E-state index in [1.807, 2.05) is 27.7 Å². The third-order valence-corrected chi connectivity index (χ3v) is 6.39. The average molecular weight is 584 g/mol. The van der Waals surface area contributed by atoms with E-state index in [1.54, 1.807) is 4.90 Å². The Morgan fingerprint density at radius 1 is 1.28 bits per heavy atom. The number of alkyl halides is 3. The zero-order valence-electron chi connectivity index (χ0n) is 18.4. The molecule has 176 valence electrons. The molecule has 0 radical (unpaired) electrons. The van der Waals surface area contributed by atoms with Crippen molar-refractivity contribution in [3.8, 4) is 0 Å². The molecule has 1 aliphatic rings. The van der Waals surface area contributed by atoms with Crippen LogP contribution in [-0.2, 0) is 30.3 Å². The van der Waals surface area contributed by atoms with Crippen LogP contribution < -0.4 is 0 Å². The van der Waals surface area contributed by atoms with Crippen LogP contribution in [0.1, 0.15) is 62.8 Å². The molecular weight excluding hydrogens is 558 g/mol. The van der Waals surface area contributed by atoms with Crippen molar-refractivity contribution < 1.29 is 22.7 Å². The first-order chi connectivity index (χ1) is 14.8. The van der Waals surface area contributed by atoms with Crippen LogP contribution in [0.4, 0.5) is 18.0 Å².